The second-order valence-electron chi connectivity index (χ2n) is 6.57. The Morgan fingerprint density at radius 3 is 2.38 bits per heavy atom. The van der Waals surface area contributed by atoms with Gasteiger partial charge >= 0.3 is 0 Å². The number of hydrogen-bond acceptors (Lipinski definition) is 6. The van der Waals surface area contributed by atoms with Crippen LogP contribution in [0.5, 0.6) is 5.75 Å². The maximum Gasteiger partial charge on any atom is 0.148 e. The monoisotopic (exact) mass is 333 g/mol. The number of ether oxygens (including phenoxy) is 2. The van der Waals surface area contributed by atoms with Crippen molar-refractivity contribution in [3.63, 3.8) is 0 Å². The van der Waals surface area contributed by atoms with Gasteiger partial charge in [0, 0.05) is 38.4 Å². The molecule has 1 saturated heterocycles. The van der Waals surface area contributed by atoms with E-state index in [4.69, 9.17) is 14.7 Å². The molecule has 0 amide bonds. The number of aliphatic hydroxyl groups excluding tert-OH is 1. The zero-order valence-electron chi connectivity index (χ0n) is 14.7. The number of nitrogens with zero attached hydrogens (tertiary/aromatic N) is 3. The highest BCUT2D eigenvalue weighted by atomic mass is 16.5. The average Bonchev–Trinajstić information content (AvgIpc) is 2.61. The summed E-state index contributed by atoms with van der Waals surface area (Å²) in [5, 5.41) is 19.0. The van der Waals surface area contributed by atoms with E-state index in [0.29, 0.717) is 6.54 Å². The molecule has 1 N–H and O–H groups in total. The largest absolute Gasteiger partial charge is 0.497 e. The first kappa shape index (κ1) is 18.5. The lowest BCUT2D eigenvalue weighted by Crippen LogP contribution is -2.49. The zero-order chi connectivity index (χ0) is 17.6. The molecule has 1 aliphatic rings. The smallest absolute Gasteiger partial charge is 0.148 e. The zero-order valence-corrected chi connectivity index (χ0v) is 14.7. The van der Waals surface area contributed by atoms with Crippen molar-refractivity contribution in [1.29, 1.82) is 5.26 Å². The molecule has 2 rings (SSSR count). The third kappa shape index (κ3) is 5.38. The Hall–Kier alpha value is -1.81. The second-order valence-corrected chi connectivity index (χ2v) is 6.57. The molecule has 0 bridgehead atoms. The summed E-state index contributed by atoms with van der Waals surface area (Å²) in [4.78, 5) is 4.56. The van der Waals surface area contributed by atoms with Crippen LogP contribution in [0.25, 0.3) is 0 Å². The maximum atomic E-state index is 10.1. The van der Waals surface area contributed by atoms with E-state index in [2.05, 4.69) is 28.0 Å². The molecule has 6 nitrogen and oxygen atoms in total. The highest BCUT2D eigenvalue weighted by Crippen LogP contribution is 2.20. The standard InChI is InChI=1S/C18H27N3O3/c1-18(2,14-19)24-13-16(22)12-20-8-10-21(11-9-20)15-4-6-17(23-3)7-5-15/h4-7,16,22H,8-13H2,1-3H3/t16-/m0/s1. The molecule has 1 aliphatic heterocycles. The van der Waals surface area contributed by atoms with E-state index < -0.39 is 11.7 Å². The van der Waals surface area contributed by atoms with Gasteiger partial charge in [-0.05, 0) is 38.1 Å². The molecule has 0 aliphatic carbocycles. The summed E-state index contributed by atoms with van der Waals surface area (Å²) in [6, 6.07) is 10.2. The molecule has 0 radical (unpaired) electrons. The molecular weight excluding hydrogens is 306 g/mol. The van der Waals surface area contributed by atoms with Gasteiger partial charge in [0.05, 0.1) is 25.9 Å². The fourth-order valence-corrected chi connectivity index (χ4v) is 2.67. The van der Waals surface area contributed by atoms with Gasteiger partial charge in [-0.3, -0.25) is 4.90 Å². The SMILES string of the molecule is COc1ccc(N2CCN(C[C@H](O)COC(C)(C)C#N)CC2)cc1. The van der Waals surface area contributed by atoms with Crippen LogP contribution < -0.4 is 9.64 Å². The normalized spacial score (nSPS) is 17.4. The van der Waals surface area contributed by atoms with Crippen LogP contribution in [0.4, 0.5) is 5.69 Å². The van der Waals surface area contributed by atoms with Gasteiger partial charge in [0.2, 0.25) is 0 Å². The van der Waals surface area contributed by atoms with Gasteiger partial charge in [0.25, 0.3) is 0 Å². The summed E-state index contributed by atoms with van der Waals surface area (Å²) in [5.74, 6) is 0.862. The molecule has 1 fully saturated rings. The lowest BCUT2D eigenvalue weighted by molar-refractivity contribution is -0.0385. The Morgan fingerprint density at radius 2 is 1.83 bits per heavy atom. The van der Waals surface area contributed by atoms with Gasteiger partial charge in [-0.15, -0.1) is 0 Å². The van der Waals surface area contributed by atoms with Gasteiger partial charge in [-0.2, -0.15) is 5.26 Å². The van der Waals surface area contributed by atoms with Crippen molar-refractivity contribution in [3.8, 4) is 11.8 Å². The first-order chi connectivity index (χ1) is 11.4. The molecule has 0 spiro atoms. The second kappa shape index (κ2) is 8.34. The van der Waals surface area contributed by atoms with Crippen LogP contribution in [0.2, 0.25) is 0 Å². The molecule has 24 heavy (non-hydrogen) atoms. The van der Waals surface area contributed by atoms with Crippen LogP contribution in [0, 0.1) is 11.3 Å². The Morgan fingerprint density at radius 1 is 1.21 bits per heavy atom. The van der Waals surface area contributed by atoms with Crippen molar-refractivity contribution in [3.05, 3.63) is 24.3 Å². The van der Waals surface area contributed by atoms with Gasteiger partial charge in [-0.1, -0.05) is 0 Å². The highest BCUT2D eigenvalue weighted by Gasteiger charge is 2.22. The van der Waals surface area contributed by atoms with Crippen molar-refractivity contribution in [2.75, 3.05) is 51.3 Å². The van der Waals surface area contributed by atoms with Crippen molar-refractivity contribution in [1.82, 2.24) is 4.90 Å². The number of aliphatic hydroxyl groups is 1. The Balaban J connectivity index is 1.75. The first-order valence-electron chi connectivity index (χ1n) is 8.28. The summed E-state index contributed by atoms with van der Waals surface area (Å²) < 4.78 is 10.6. The van der Waals surface area contributed by atoms with E-state index >= 15 is 0 Å². The molecule has 1 aromatic rings. The van der Waals surface area contributed by atoms with E-state index in [1.165, 1.54) is 5.69 Å². The van der Waals surface area contributed by atoms with Crippen LogP contribution in [-0.4, -0.2) is 68.2 Å². The molecular formula is C18H27N3O3. The minimum atomic E-state index is -0.853. The number of hydrogen-bond donors (Lipinski definition) is 1. The third-order valence-electron chi connectivity index (χ3n) is 4.18. The van der Waals surface area contributed by atoms with E-state index in [-0.39, 0.29) is 6.61 Å². The Labute approximate surface area is 144 Å². The lowest BCUT2D eigenvalue weighted by atomic mass is 10.2. The fraction of sp³-hybridized carbons (Fsp3) is 0.611. The Kier molecular flexibility index (Phi) is 6.44. The molecule has 1 atom stereocenters. The van der Waals surface area contributed by atoms with Crippen LogP contribution >= 0.6 is 0 Å². The quantitative estimate of drug-likeness (QED) is 0.815. The van der Waals surface area contributed by atoms with Gasteiger partial charge in [0.1, 0.15) is 11.4 Å². The number of benzene rings is 1. The van der Waals surface area contributed by atoms with E-state index in [0.717, 1.165) is 31.9 Å². The van der Waals surface area contributed by atoms with Crippen molar-refractivity contribution in [2.24, 2.45) is 0 Å². The van der Waals surface area contributed by atoms with E-state index in [9.17, 15) is 5.11 Å². The van der Waals surface area contributed by atoms with E-state index in [1.54, 1.807) is 21.0 Å². The predicted molar refractivity (Wildman–Crippen MR) is 93.3 cm³/mol. The summed E-state index contributed by atoms with van der Waals surface area (Å²) in [6.07, 6.45) is -0.579. The van der Waals surface area contributed by atoms with Crippen LogP contribution in [0.3, 0.4) is 0 Å². The fourth-order valence-electron chi connectivity index (χ4n) is 2.67. The number of piperazine rings is 1. The van der Waals surface area contributed by atoms with Gasteiger partial charge < -0.3 is 19.5 Å². The third-order valence-corrected chi connectivity index (χ3v) is 4.18. The highest BCUT2D eigenvalue weighted by molar-refractivity contribution is 5.49. The summed E-state index contributed by atoms with van der Waals surface area (Å²) in [7, 11) is 1.67. The van der Waals surface area contributed by atoms with Gasteiger partial charge in [0.15, 0.2) is 0 Å². The lowest BCUT2D eigenvalue weighted by Gasteiger charge is -2.37. The number of methoxy groups -OCH3 is 1. The number of rotatable bonds is 7. The van der Waals surface area contributed by atoms with E-state index in [1.807, 2.05) is 12.1 Å². The molecule has 1 aromatic carbocycles. The van der Waals surface area contributed by atoms with Crippen LogP contribution in [0.1, 0.15) is 13.8 Å². The topological polar surface area (TPSA) is 69.0 Å². The van der Waals surface area contributed by atoms with Crippen molar-refractivity contribution in [2.45, 2.75) is 25.6 Å². The van der Waals surface area contributed by atoms with Crippen molar-refractivity contribution >= 4 is 5.69 Å². The molecule has 132 valence electrons. The number of anilines is 1. The average molecular weight is 333 g/mol. The molecule has 1 heterocycles. The molecule has 0 aromatic heterocycles. The van der Waals surface area contributed by atoms with Crippen LogP contribution in [-0.2, 0) is 4.74 Å². The molecule has 6 heteroatoms. The van der Waals surface area contributed by atoms with Gasteiger partial charge in [-0.25, -0.2) is 0 Å². The van der Waals surface area contributed by atoms with Crippen LogP contribution in [0.15, 0.2) is 24.3 Å². The number of nitriles is 1. The summed E-state index contributed by atoms with van der Waals surface area (Å²) >= 11 is 0. The minimum Gasteiger partial charge on any atom is -0.497 e. The Bertz CT molecular complexity index is 546. The summed E-state index contributed by atoms with van der Waals surface area (Å²) in [5.41, 5.74) is 0.337. The minimum absolute atomic E-state index is 0.180. The first-order valence-corrected chi connectivity index (χ1v) is 8.28. The maximum absolute atomic E-state index is 10.1. The molecule has 0 unspecified atom stereocenters. The number of β-amino-alcohol motifs (C(OH)–C–C–N with tert-alkyl or cyclic N) is 1. The predicted octanol–water partition coefficient (Wildman–Crippen LogP) is 1.50. The summed E-state index contributed by atoms with van der Waals surface area (Å²) in [6.45, 7) is 7.78. The molecule has 0 saturated carbocycles. The van der Waals surface area contributed by atoms with Crippen molar-refractivity contribution < 1.29 is 14.6 Å².